The average Bonchev–Trinajstić information content (AvgIpc) is 3.30. The second-order valence-electron chi connectivity index (χ2n) is 15.8. The van der Waals surface area contributed by atoms with Gasteiger partial charge in [-0.05, 0) is 122 Å². The highest BCUT2D eigenvalue weighted by Gasteiger charge is 2.43. The smallest absolute Gasteiger partial charge is 0.252 e. The third kappa shape index (κ3) is 6.42. The summed E-state index contributed by atoms with van der Waals surface area (Å²) in [5, 5.41) is 0. The van der Waals surface area contributed by atoms with Gasteiger partial charge in [0.05, 0.1) is 0 Å². The van der Waals surface area contributed by atoms with Gasteiger partial charge < -0.3 is 9.80 Å². The molecule has 0 N–H and O–H groups in total. The van der Waals surface area contributed by atoms with Crippen molar-refractivity contribution in [1.82, 2.24) is 0 Å². The normalized spacial score (nSPS) is 12.4. The van der Waals surface area contributed by atoms with Crippen LogP contribution in [0.4, 0.5) is 34.1 Å². The number of hydrogen-bond acceptors (Lipinski definition) is 2. The quantitative estimate of drug-likeness (QED) is 0.143. The summed E-state index contributed by atoms with van der Waals surface area (Å²) in [5.41, 5.74) is 21.3. The molecule has 2 heterocycles. The first-order valence-corrected chi connectivity index (χ1v) is 20.6. The number of rotatable bonds is 8. The fourth-order valence-electron chi connectivity index (χ4n) is 9.35. The van der Waals surface area contributed by atoms with Crippen LogP contribution in [0.5, 0.6) is 0 Å². The molecule has 3 heteroatoms. The maximum atomic E-state index is 2.50. The second kappa shape index (κ2) is 14.9. The minimum Gasteiger partial charge on any atom is -0.311 e. The summed E-state index contributed by atoms with van der Waals surface area (Å²) in [4.78, 5) is 5.00. The summed E-state index contributed by atoms with van der Waals surface area (Å²) < 4.78 is 0. The largest absolute Gasteiger partial charge is 0.311 e. The summed E-state index contributed by atoms with van der Waals surface area (Å²) in [5.74, 6) is 0. The fraction of sp³-hybridized carbons (Fsp3) is 0.0357. The van der Waals surface area contributed by atoms with Crippen molar-refractivity contribution >= 4 is 57.2 Å². The third-order valence-electron chi connectivity index (χ3n) is 12.1. The predicted octanol–water partition coefficient (Wildman–Crippen LogP) is 12.3. The van der Waals surface area contributed by atoms with Gasteiger partial charge >= 0.3 is 0 Å². The van der Waals surface area contributed by atoms with Gasteiger partial charge in [-0.2, -0.15) is 0 Å². The zero-order chi connectivity index (χ0) is 39.1. The van der Waals surface area contributed by atoms with E-state index in [-0.39, 0.29) is 6.71 Å². The fourth-order valence-corrected chi connectivity index (χ4v) is 9.35. The molecule has 0 saturated heterocycles. The van der Waals surface area contributed by atoms with Gasteiger partial charge in [0.15, 0.2) is 0 Å². The van der Waals surface area contributed by atoms with Gasteiger partial charge in [0.2, 0.25) is 0 Å². The summed E-state index contributed by atoms with van der Waals surface area (Å²) in [7, 11) is 0. The highest BCUT2D eigenvalue weighted by Crippen LogP contribution is 2.44. The topological polar surface area (TPSA) is 6.48 Å². The molecule has 0 saturated carbocycles. The molecule has 0 unspecified atom stereocenters. The van der Waals surface area contributed by atoms with Crippen LogP contribution in [-0.4, -0.2) is 6.71 Å². The Morgan fingerprint density at radius 3 is 1.07 bits per heavy atom. The van der Waals surface area contributed by atoms with Crippen molar-refractivity contribution in [1.29, 1.82) is 0 Å². The van der Waals surface area contributed by atoms with Crippen LogP contribution >= 0.6 is 0 Å². The van der Waals surface area contributed by atoms with Crippen molar-refractivity contribution in [2.75, 3.05) is 9.80 Å². The van der Waals surface area contributed by atoms with Crippen LogP contribution < -0.4 is 26.2 Å². The average molecular weight is 753 g/mol. The molecule has 0 spiro atoms. The molecule has 0 amide bonds. The Kier molecular flexibility index (Phi) is 8.78. The Morgan fingerprint density at radius 2 is 0.661 bits per heavy atom. The first kappa shape index (κ1) is 34.9. The number of anilines is 6. The monoisotopic (exact) mass is 752 g/mol. The first-order valence-electron chi connectivity index (χ1n) is 20.6. The maximum Gasteiger partial charge on any atom is 0.252 e. The van der Waals surface area contributed by atoms with E-state index in [1.165, 1.54) is 83.6 Å². The lowest BCUT2D eigenvalue weighted by Crippen LogP contribution is -2.61. The Balaban J connectivity index is 1.12. The second-order valence-corrected chi connectivity index (χ2v) is 15.8. The van der Waals surface area contributed by atoms with E-state index in [9.17, 15) is 0 Å². The molecule has 0 fully saturated rings. The molecule has 0 aromatic heterocycles. The summed E-state index contributed by atoms with van der Waals surface area (Å²) in [6.45, 7) is 0.0392. The van der Waals surface area contributed by atoms with E-state index in [2.05, 4.69) is 234 Å². The molecule has 0 aliphatic carbocycles. The molecule has 0 radical (unpaired) electrons. The molecule has 59 heavy (non-hydrogen) atoms. The molecule has 9 aromatic rings. The van der Waals surface area contributed by atoms with Gasteiger partial charge in [-0.1, -0.05) is 176 Å². The van der Waals surface area contributed by atoms with E-state index in [0.717, 1.165) is 24.2 Å². The molecule has 2 aliphatic heterocycles. The van der Waals surface area contributed by atoms with Crippen LogP contribution in [0.3, 0.4) is 0 Å². The summed E-state index contributed by atoms with van der Waals surface area (Å²) in [6, 6.07) is 82.6. The predicted molar refractivity (Wildman–Crippen MR) is 250 cm³/mol. The highest BCUT2D eigenvalue weighted by molar-refractivity contribution is 7.00. The number of benzene rings is 9. The standard InChI is InChI=1S/C56H41BN2/c1-5-14-40(15-6-1)36-42-24-34-52-50(38-42)57-51-39-43(37-41-16-7-2-8-17-41)25-35-53(51)59(49-32-28-47(29-33-49)45-20-11-4-12-21-45)55-23-13-22-54(56(55)57)58(52)48-30-26-46(27-31-48)44-18-9-3-10-19-44/h1-35,38-39H,36-37H2. The van der Waals surface area contributed by atoms with Crippen LogP contribution in [-0.2, 0) is 12.8 Å². The van der Waals surface area contributed by atoms with Crippen molar-refractivity contribution in [2.45, 2.75) is 12.8 Å². The van der Waals surface area contributed by atoms with Gasteiger partial charge in [0, 0.05) is 34.1 Å². The first-order chi connectivity index (χ1) is 29.2. The lowest BCUT2D eigenvalue weighted by atomic mass is 9.33. The molecule has 11 rings (SSSR count). The van der Waals surface area contributed by atoms with Gasteiger partial charge in [-0.15, -0.1) is 0 Å². The van der Waals surface area contributed by atoms with Crippen LogP contribution in [0.1, 0.15) is 22.3 Å². The molecule has 2 nitrogen and oxygen atoms in total. The molecule has 0 bridgehead atoms. The van der Waals surface area contributed by atoms with Crippen molar-refractivity contribution < 1.29 is 0 Å². The molecular formula is C56H41BN2. The van der Waals surface area contributed by atoms with E-state index >= 15 is 0 Å². The van der Waals surface area contributed by atoms with Crippen LogP contribution in [0, 0.1) is 0 Å². The Hall–Kier alpha value is -7.36. The number of hydrogen-bond donors (Lipinski definition) is 0. The van der Waals surface area contributed by atoms with Gasteiger partial charge in [0.1, 0.15) is 0 Å². The minimum atomic E-state index is 0.0392. The van der Waals surface area contributed by atoms with E-state index < -0.39 is 0 Å². The minimum absolute atomic E-state index is 0.0392. The van der Waals surface area contributed by atoms with Crippen molar-refractivity contribution in [2.24, 2.45) is 0 Å². The SMILES string of the molecule is c1ccc(Cc2ccc3c(c2)B2c4cc(Cc5ccccc5)ccc4N(c4ccc(-c5ccccc5)cc4)c4cccc(c42)N3c2ccc(-c3ccccc3)cc2)cc1. The molecule has 0 atom stereocenters. The van der Waals surface area contributed by atoms with Crippen LogP contribution in [0.2, 0.25) is 0 Å². The van der Waals surface area contributed by atoms with Crippen molar-refractivity contribution in [3.63, 3.8) is 0 Å². The van der Waals surface area contributed by atoms with Crippen molar-refractivity contribution in [3.8, 4) is 22.3 Å². The Bertz CT molecular complexity index is 2710. The van der Waals surface area contributed by atoms with Crippen LogP contribution in [0.25, 0.3) is 22.3 Å². The van der Waals surface area contributed by atoms with E-state index in [1.807, 2.05) is 0 Å². The summed E-state index contributed by atoms with van der Waals surface area (Å²) >= 11 is 0. The molecule has 9 aromatic carbocycles. The number of fused-ring (bicyclic) bond motifs is 4. The van der Waals surface area contributed by atoms with Gasteiger partial charge in [-0.3, -0.25) is 0 Å². The third-order valence-corrected chi connectivity index (χ3v) is 12.1. The highest BCUT2D eigenvalue weighted by atomic mass is 15.2. The molecule has 2 aliphatic rings. The number of nitrogens with zero attached hydrogens (tertiary/aromatic N) is 2. The lowest BCUT2D eigenvalue weighted by molar-refractivity contribution is 1.18. The summed E-state index contributed by atoms with van der Waals surface area (Å²) in [6.07, 6.45) is 1.75. The lowest BCUT2D eigenvalue weighted by Gasteiger charge is -2.44. The Morgan fingerprint density at radius 1 is 0.288 bits per heavy atom. The molecular weight excluding hydrogens is 711 g/mol. The maximum absolute atomic E-state index is 2.50. The van der Waals surface area contributed by atoms with E-state index in [4.69, 9.17) is 0 Å². The van der Waals surface area contributed by atoms with E-state index in [1.54, 1.807) is 0 Å². The molecule has 278 valence electrons. The van der Waals surface area contributed by atoms with Gasteiger partial charge in [0.25, 0.3) is 6.71 Å². The van der Waals surface area contributed by atoms with E-state index in [0.29, 0.717) is 0 Å². The van der Waals surface area contributed by atoms with Crippen LogP contribution in [0.15, 0.2) is 224 Å². The van der Waals surface area contributed by atoms with Crippen molar-refractivity contribution in [3.05, 3.63) is 247 Å². The zero-order valence-corrected chi connectivity index (χ0v) is 32.7. The zero-order valence-electron chi connectivity index (χ0n) is 32.7. The van der Waals surface area contributed by atoms with Gasteiger partial charge in [-0.25, -0.2) is 0 Å². The Labute approximate surface area is 347 Å².